The summed E-state index contributed by atoms with van der Waals surface area (Å²) in [6.07, 6.45) is 2.93. The summed E-state index contributed by atoms with van der Waals surface area (Å²) in [6.45, 7) is 9.12. The fourth-order valence-corrected chi connectivity index (χ4v) is 1.57. The average Bonchev–Trinajstić information content (AvgIpc) is 2.33. The summed E-state index contributed by atoms with van der Waals surface area (Å²) in [5.74, 6) is 2.44. The molecule has 5 heteroatoms. The van der Waals surface area contributed by atoms with Gasteiger partial charge in [-0.15, -0.1) is 0 Å². The molecule has 1 aromatic heterocycles. The maximum absolute atomic E-state index is 9.74. The second-order valence-electron chi connectivity index (χ2n) is 5.40. The van der Waals surface area contributed by atoms with Gasteiger partial charge in [0.1, 0.15) is 17.5 Å². The molecule has 19 heavy (non-hydrogen) atoms. The van der Waals surface area contributed by atoms with Crippen LogP contribution in [0.2, 0.25) is 0 Å². The van der Waals surface area contributed by atoms with Crippen LogP contribution in [0.3, 0.4) is 0 Å². The van der Waals surface area contributed by atoms with Crippen molar-refractivity contribution in [3.63, 3.8) is 0 Å². The largest absolute Gasteiger partial charge is 0.389 e. The van der Waals surface area contributed by atoms with Crippen LogP contribution in [0.25, 0.3) is 0 Å². The normalized spacial score (nSPS) is 11.4. The maximum atomic E-state index is 9.74. The first-order valence-electron chi connectivity index (χ1n) is 7.02. The maximum Gasteiger partial charge on any atom is 0.133 e. The lowest BCUT2D eigenvalue weighted by atomic mass is 10.1. The van der Waals surface area contributed by atoms with Crippen molar-refractivity contribution in [3.8, 4) is 0 Å². The molecule has 0 amide bonds. The Morgan fingerprint density at radius 1 is 1.11 bits per heavy atom. The van der Waals surface area contributed by atoms with E-state index in [0.29, 0.717) is 6.54 Å². The van der Waals surface area contributed by atoms with Crippen LogP contribution in [0.5, 0.6) is 0 Å². The predicted molar refractivity (Wildman–Crippen MR) is 79.6 cm³/mol. The summed E-state index contributed by atoms with van der Waals surface area (Å²) < 4.78 is 0. The van der Waals surface area contributed by atoms with Crippen LogP contribution in [0.1, 0.15) is 46.4 Å². The number of aryl methyl sites for hydroxylation is 1. The second kappa shape index (κ2) is 7.28. The Hall–Kier alpha value is -1.36. The molecule has 1 rings (SSSR count). The molecule has 0 atom stereocenters. The van der Waals surface area contributed by atoms with Gasteiger partial charge in [0.25, 0.3) is 0 Å². The first-order chi connectivity index (χ1) is 8.94. The third-order valence-corrected chi connectivity index (χ3v) is 2.50. The number of aliphatic hydroxyl groups is 1. The van der Waals surface area contributed by atoms with E-state index in [2.05, 4.69) is 34.4 Å². The molecule has 1 aromatic rings. The molecule has 0 aromatic carbocycles. The smallest absolute Gasteiger partial charge is 0.133 e. The SMILES string of the molecule is CCCNc1cc(NCC(C)(C)O)nc(CCC)n1. The molecule has 0 fully saturated rings. The Kier molecular flexibility index (Phi) is 6.02. The van der Waals surface area contributed by atoms with Crippen molar-refractivity contribution in [2.24, 2.45) is 0 Å². The molecular formula is C14H26N4O. The Morgan fingerprint density at radius 3 is 2.26 bits per heavy atom. The number of rotatable bonds is 8. The molecule has 0 aliphatic heterocycles. The Balaban J connectivity index is 2.79. The molecule has 3 N–H and O–H groups in total. The molecular weight excluding hydrogens is 240 g/mol. The number of hydrogen-bond acceptors (Lipinski definition) is 5. The van der Waals surface area contributed by atoms with Gasteiger partial charge in [-0.25, -0.2) is 9.97 Å². The first-order valence-corrected chi connectivity index (χ1v) is 7.02. The highest BCUT2D eigenvalue weighted by Gasteiger charge is 2.13. The molecule has 0 saturated carbocycles. The molecule has 108 valence electrons. The molecule has 0 saturated heterocycles. The summed E-state index contributed by atoms with van der Waals surface area (Å²) >= 11 is 0. The van der Waals surface area contributed by atoms with Crippen molar-refractivity contribution in [3.05, 3.63) is 11.9 Å². The van der Waals surface area contributed by atoms with Gasteiger partial charge >= 0.3 is 0 Å². The van der Waals surface area contributed by atoms with Crippen molar-refractivity contribution < 1.29 is 5.11 Å². The van der Waals surface area contributed by atoms with Crippen molar-refractivity contribution in [1.29, 1.82) is 0 Å². The van der Waals surface area contributed by atoms with Crippen molar-refractivity contribution in [1.82, 2.24) is 9.97 Å². The number of hydrogen-bond donors (Lipinski definition) is 3. The van der Waals surface area contributed by atoms with Crippen LogP contribution in [0, 0.1) is 0 Å². The van der Waals surface area contributed by atoms with Gasteiger partial charge in [-0.05, 0) is 26.7 Å². The van der Waals surface area contributed by atoms with E-state index in [1.54, 1.807) is 13.8 Å². The topological polar surface area (TPSA) is 70.1 Å². The second-order valence-corrected chi connectivity index (χ2v) is 5.40. The fraction of sp³-hybridized carbons (Fsp3) is 0.714. The van der Waals surface area contributed by atoms with Crippen LogP contribution in [0.4, 0.5) is 11.6 Å². The summed E-state index contributed by atoms with van der Waals surface area (Å²) in [6, 6.07) is 1.89. The summed E-state index contributed by atoms with van der Waals surface area (Å²) in [4.78, 5) is 8.94. The Bertz CT molecular complexity index is 388. The van der Waals surface area contributed by atoms with Crippen LogP contribution in [-0.2, 0) is 6.42 Å². The molecule has 0 aliphatic carbocycles. The van der Waals surface area contributed by atoms with E-state index in [9.17, 15) is 5.11 Å². The highest BCUT2D eigenvalue weighted by atomic mass is 16.3. The van der Waals surface area contributed by atoms with Crippen LogP contribution in [-0.4, -0.2) is 33.8 Å². The van der Waals surface area contributed by atoms with Gasteiger partial charge < -0.3 is 15.7 Å². The summed E-state index contributed by atoms with van der Waals surface area (Å²) in [5, 5.41) is 16.2. The molecule has 0 aliphatic rings. The van der Waals surface area contributed by atoms with Gasteiger partial charge in [0, 0.05) is 25.6 Å². The average molecular weight is 266 g/mol. The Labute approximate surface area is 115 Å². The Morgan fingerprint density at radius 2 is 1.74 bits per heavy atom. The van der Waals surface area contributed by atoms with Crippen molar-refractivity contribution in [2.45, 2.75) is 52.6 Å². The third-order valence-electron chi connectivity index (χ3n) is 2.50. The highest BCUT2D eigenvalue weighted by molar-refractivity contribution is 5.47. The van der Waals surface area contributed by atoms with Crippen molar-refractivity contribution >= 4 is 11.6 Å². The van der Waals surface area contributed by atoms with Gasteiger partial charge in [0.05, 0.1) is 5.60 Å². The predicted octanol–water partition coefficient (Wildman–Crippen LogP) is 2.43. The van der Waals surface area contributed by atoms with Crippen LogP contribution < -0.4 is 10.6 Å². The zero-order chi connectivity index (χ0) is 14.3. The lowest BCUT2D eigenvalue weighted by Gasteiger charge is -2.18. The van der Waals surface area contributed by atoms with E-state index in [1.165, 1.54) is 0 Å². The van der Waals surface area contributed by atoms with E-state index >= 15 is 0 Å². The molecule has 0 unspecified atom stereocenters. The monoisotopic (exact) mass is 266 g/mol. The van der Waals surface area contributed by atoms with E-state index in [4.69, 9.17) is 0 Å². The number of nitrogens with zero attached hydrogens (tertiary/aromatic N) is 2. The molecule has 0 bridgehead atoms. The zero-order valence-corrected chi connectivity index (χ0v) is 12.5. The van der Waals surface area contributed by atoms with E-state index in [0.717, 1.165) is 43.3 Å². The minimum absolute atomic E-state index is 0.461. The number of aromatic nitrogens is 2. The third kappa shape index (κ3) is 6.38. The van der Waals surface area contributed by atoms with Crippen LogP contribution in [0.15, 0.2) is 6.07 Å². The molecule has 1 heterocycles. The van der Waals surface area contributed by atoms with Crippen molar-refractivity contribution in [2.75, 3.05) is 23.7 Å². The van der Waals surface area contributed by atoms with Gasteiger partial charge in [-0.2, -0.15) is 0 Å². The highest BCUT2D eigenvalue weighted by Crippen LogP contribution is 2.14. The molecule has 5 nitrogen and oxygen atoms in total. The fourth-order valence-electron chi connectivity index (χ4n) is 1.57. The summed E-state index contributed by atoms with van der Waals surface area (Å²) in [7, 11) is 0. The standard InChI is InChI=1S/C14H26N4O/c1-5-7-11-17-12(15-8-6-2)9-13(18-11)16-10-14(3,4)19/h9,19H,5-8,10H2,1-4H3,(H2,15,16,17,18). The first kappa shape index (κ1) is 15.7. The van der Waals surface area contributed by atoms with Gasteiger partial charge in [-0.1, -0.05) is 13.8 Å². The molecule has 0 radical (unpaired) electrons. The number of anilines is 2. The van der Waals surface area contributed by atoms with E-state index in [1.807, 2.05) is 6.07 Å². The minimum Gasteiger partial charge on any atom is -0.389 e. The van der Waals surface area contributed by atoms with Crippen LogP contribution >= 0.6 is 0 Å². The number of nitrogens with one attached hydrogen (secondary N) is 2. The lowest BCUT2D eigenvalue weighted by molar-refractivity contribution is 0.0944. The van der Waals surface area contributed by atoms with Gasteiger partial charge in [-0.3, -0.25) is 0 Å². The quantitative estimate of drug-likeness (QED) is 0.674. The lowest BCUT2D eigenvalue weighted by Crippen LogP contribution is -2.29. The van der Waals surface area contributed by atoms with Gasteiger partial charge in [0.15, 0.2) is 0 Å². The minimum atomic E-state index is -0.757. The van der Waals surface area contributed by atoms with E-state index in [-0.39, 0.29) is 0 Å². The van der Waals surface area contributed by atoms with E-state index < -0.39 is 5.60 Å². The van der Waals surface area contributed by atoms with Gasteiger partial charge in [0.2, 0.25) is 0 Å². The summed E-state index contributed by atoms with van der Waals surface area (Å²) in [5.41, 5.74) is -0.757. The molecule has 0 spiro atoms. The zero-order valence-electron chi connectivity index (χ0n) is 12.5.